The number of aromatic nitrogens is 1. The third-order valence-corrected chi connectivity index (χ3v) is 4.11. The zero-order chi connectivity index (χ0) is 18.6. The molecule has 1 aromatic carbocycles. The topological polar surface area (TPSA) is 80.4 Å². The van der Waals surface area contributed by atoms with E-state index in [1.165, 1.54) is 14.2 Å². The molecule has 0 aliphatic heterocycles. The highest BCUT2D eigenvalue weighted by molar-refractivity contribution is 6.32. The van der Waals surface area contributed by atoms with Crippen LogP contribution in [0.3, 0.4) is 0 Å². The van der Waals surface area contributed by atoms with Crippen LogP contribution in [0.15, 0.2) is 18.2 Å². The Bertz CT molecular complexity index is 799. The minimum Gasteiger partial charge on any atom is -0.495 e. The number of carbonyl (C=O) groups is 2. The monoisotopic (exact) mass is 364 g/mol. The molecule has 2 rings (SSSR count). The number of amides is 1. The van der Waals surface area contributed by atoms with Gasteiger partial charge in [0.05, 0.1) is 24.8 Å². The van der Waals surface area contributed by atoms with Gasteiger partial charge in [-0.3, -0.25) is 4.79 Å². The van der Waals surface area contributed by atoms with E-state index in [4.69, 9.17) is 21.1 Å². The fraction of sp³-hybridized carbons (Fsp3) is 0.333. The third kappa shape index (κ3) is 3.96. The van der Waals surface area contributed by atoms with Crippen LogP contribution in [0.5, 0.6) is 5.75 Å². The summed E-state index contributed by atoms with van der Waals surface area (Å²) in [6.07, 6.45) is 1.37. The van der Waals surface area contributed by atoms with Crippen molar-refractivity contribution in [3.63, 3.8) is 0 Å². The van der Waals surface area contributed by atoms with Crippen molar-refractivity contribution < 1.29 is 19.1 Å². The van der Waals surface area contributed by atoms with Gasteiger partial charge >= 0.3 is 5.97 Å². The number of methoxy groups -OCH3 is 2. The number of ether oxygens (including phenoxy) is 2. The van der Waals surface area contributed by atoms with Gasteiger partial charge < -0.3 is 19.8 Å². The maximum Gasteiger partial charge on any atom is 0.339 e. The first-order valence-corrected chi connectivity index (χ1v) is 8.25. The molecule has 0 saturated carbocycles. The maximum absolute atomic E-state index is 12.7. The van der Waals surface area contributed by atoms with E-state index < -0.39 is 5.97 Å². The molecule has 6 nitrogen and oxygen atoms in total. The fourth-order valence-electron chi connectivity index (χ4n) is 2.69. The highest BCUT2D eigenvalue weighted by Crippen LogP contribution is 2.28. The quantitative estimate of drug-likeness (QED) is 0.760. The van der Waals surface area contributed by atoms with E-state index in [0.29, 0.717) is 45.4 Å². The molecule has 1 heterocycles. The van der Waals surface area contributed by atoms with Gasteiger partial charge in [-0.05, 0) is 37.1 Å². The van der Waals surface area contributed by atoms with Gasteiger partial charge in [0.2, 0.25) is 0 Å². The Labute approximate surface area is 151 Å². The van der Waals surface area contributed by atoms with E-state index in [-0.39, 0.29) is 5.91 Å². The van der Waals surface area contributed by atoms with Gasteiger partial charge in [-0.25, -0.2) is 4.79 Å². The SMILES string of the molecule is CCCc1c(C(=O)Nc2ccc(OC)c(Cl)c2)[nH]c(C)c1C(=O)OC. The van der Waals surface area contributed by atoms with Crippen LogP contribution in [0.25, 0.3) is 0 Å². The van der Waals surface area contributed by atoms with E-state index in [1.54, 1.807) is 25.1 Å². The molecule has 0 atom stereocenters. The van der Waals surface area contributed by atoms with Crippen LogP contribution >= 0.6 is 11.6 Å². The first-order chi connectivity index (χ1) is 11.9. The molecule has 0 fully saturated rings. The molecule has 0 saturated heterocycles. The molecule has 0 radical (unpaired) electrons. The van der Waals surface area contributed by atoms with Crippen molar-refractivity contribution in [3.05, 3.63) is 45.7 Å². The van der Waals surface area contributed by atoms with E-state index >= 15 is 0 Å². The van der Waals surface area contributed by atoms with Gasteiger partial charge in [-0.2, -0.15) is 0 Å². The second-order valence-electron chi connectivity index (χ2n) is 5.52. The largest absolute Gasteiger partial charge is 0.495 e. The number of aryl methyl sites for hydroxylation is 1. The van der Waals surface area contributed by atoms with Crippen LogP contribution in [-0.2, 0) is 11.2 Å². The second-order valence-corrected chi connectivity index (χ2v) is 5.93. The summed E-state index contributed by atoms with van der Waals surface area (Å²) in [6.45, 7) is 3.72. The van der Waals surface area contributed by atoms with Crippen molar-refractivity contribution in [1.82, 2.24) is 4.98 Å². The number of nitrogens with one attached hydrogen (secondary N) is 2. The second kappa shape index (κ2) is 8.07. The minimum atomic E-state index is -0.455. The number of rotatable bonds is 6. The highest BCUT2D eigenvalue weighted by Gasteiger charge is 2.24. The number of anilines is 1. The molecule has 0 aliphatic carbocycles. The molecule has 0 aliphatic rings. The van der Waals surface area contributed by atoms with Crippen LogP contribution < -0.4 is 10.1 Å². The lowest BCUT2D eigenvalue weighted by molar-refractivity contribution is 0.0599. The highest BCUT2D eigenvalue weighted by atomic mass is 35.5. The first-order valence-electron chi connectivity index (χ1n) is 7.87. The molecular formula is C18H21ClN2O4. The summed E-state index contributed by atoms with van der Waals surface area (Å²) < 4.78 is 9.93. The average molecular weight is 365 g/mol. The molecular weight excluding hydrogens is 344 g/mol. The number of benzene rings is 1. The van der Waals surface area contributed by atoms with Crippen LogP contribution in [0.4, 0.5) is 5.69 Å². The van der Waals surface area contributed by atoms with E-state index in [9.17, 15) is 9.59 Å². The Balaban J connectivity index is 2.35. The van der Waals surface area contributed by atoms with E-state index in [0.717, 1.165) is 6.42 Å². The van der Waals surface area contributed by atoms with Crippen molar-refractivity contribution in [2.45, 2.75) is 26.7 Å². The number of H-pyrrole nitrogens is 1. The Morgan fingerprint density at radius 3 is 2.56 bits per heavy atom. The van der Waals surface area contributed by atoms with Gasteiger partial charge in [0.25, 0.3) is 5.91 Å². The molecule has 2 N–H and O–H groups in total. The molecule has 0 unspecified atom stereocenters. The predicted octanol–water partition coefficient (Wildman–Crippen LogP) is 3.98. The summed E-state index contributed by atoms with van der Waals surface area (Å²) >= 11 is 6.08. The van der Waals surface area contributed by atoms with Gasteiger partial charge in [0.15, 0.2) is 0 Å². The van der Waals surface area contributed by atoms with Crippen LogP contribution in [0, 0.1) is 6.92 Å². The van der Waals surface area contributed by atoms with Gasteiger partial charge in [-0.1, -0.05) is 24.9 Å². The molecule has 1 amide bonds. The molecule has 7 heteroatoms. The molecule has 1 aromatic heterocycles. The van der Waals surface area contributed by atoms with Gasteiger partial charge in [0.1, 0.15) is 11.4 Å². The number of carbonyl (C=O) groups excluding carboxylic acids is 2. The van der Waals surface area contributed by atoms with Crippen LogP contribution in [0.1, 0.15) is 45.4 Å². The van der Waals surface area contributed by atoms with Crippen molar-refractivity contribution in [3.8, 4) is 5.75 Å². The third-order valence-electron chi connectivity index (χ3n) is 3.82. The molecule has 134 valence electrons. The first kappa shape index (κ1) is 18.9. The summed E-state index contributed by atoms with van der Waals surface area (Å²) in [5.74, 6) is -0.276. The predicted molar refractivity (Wildman–Crippen MR) is 96.8 cm³/mol. The number of esters is 1. The summed E-state index contributed by atoms with van der Waals surface area (Å²) in [4.78, 5) is 27.7. The lowest BCUT2D eigenvalue weighted by Gasteiger charge is -2.09. The molecule has 2 aromatic rings. The fourth-order valence-corrected chi connectivity index (χ4v) is 2.94. The molecule has 25 heavy (non-hydrogen) atoms. The Hall–Kier alpha value is -2.47. The number of hydrogen-bond donors (Lipinski definition) is 2. The van der Waals surface area contributed by atoms with Crippen molar-refractivity contribution >= 4 is 29.2 Å². The van der Waals surface area contributed by atoms with E-state index in [2.05, 4.69) is 10.3 Å². The summed E-state index contributed by atoms with van der Waals surface area (Å²) in [5.41, 5.74) is 2.57. The van der Waals surface area contributed by atoms with Crippen molar-refractivity contribution in [1.29, 1.82) is 0 Å². The lowest BCUT2D eigenvalue weighted by Crippen LogP contribution is -2.15. The van der Waals surface area contributed by atoms with Crippen LogP contribution in [-0.4, -0.2) is 31.1 Å². The van der Waals surface area contributed by atoms with Crippen molar-refractivity contribution in [2.75, 3.05) is 19.5 Å². The maximum atomic E-state index is 12.7. The average Bonchev–Trinajstić information content (AvgIpc) is 2.91. The van der Waals surface area contributed by atoms with Gasteiger partial charge in [0, 0.05) is 11.4 Å². The summed E-state index contributed by atoms with van der Waals surface area (Å²) in [7, 11) is 2.84. The molecule has 0 spiro atoms. The zero-order valence-corrected chi connectivity index (χ0v) is 15.4. The van der Waals surface area contributed by atoms with E-state index in [1.807, 2.05) is 6.92 Å². The van der Waals surface area contributed by atoms with Crippen LogP contribution in [0.2, 0.25) is 5.02 Å². The number of hydrogen-bond acceptors (Lipinski definition) is 4. The standard InChI is InChI=1S/C18H21ClN2O4/c1-5-6-12-15(18(23)25-4)10(2)20-16(12)17(22)21-11-7-8-14(24-3)13(19)9-11/h7-9,20H,5-6H2,1-4H3,(H,21,22). The normalized spacial score (nSPS) is 10.4. The van der Waals surface area contributed by atoms with Crippen molar-refractivity contribution in [2.24, 2.45) is 0 Å². The Morgan fingerprint density at radius 1 is 1.28 bits per heavy atom. The number of aromatic amines is 1. The molecule has 0 bridgehead atoms. The van der Waals surface area contributed by atoms with Gasteiger partial charge in [-0.15, -0.1) is 0 Å². The smallest absolute Gasteiger partial charge is 0.339 e. The zero-order valence-electron chi connectivity index (χ0n) is 14.7. The minimum absolute atomic E-state index is 0.345. The summed E-state index contributed by atoms with van der Waals surface area (Å²) in [6, 6.07) is 4.97. The summed E-state index contributed by atoms with van der Waals surface area (Å²) in [5, 5.41) is 3.18. The Morgan fingerprint density at radius 2 is 2.00 bits per heavy atom. The Kier molecular flexibility index (Phi) is 6.09. The number of halogens is 1. The lowest BCUT2D eigenvalue weighted by atomic mass is 10.0.